The van der Waals surface area contributed by atoms with Crippen molar-refractivity contribution in [3.63, 3.8) is 0 Å². The lowest BCUT2D eigenvalue weighted by Gasteiger charge is -2.32. The third kappa shape index (κ3) is 2.97. The molecule has 0 unspecified atom stereocenters. The van der Waals surface area contributed by atoms with Gasteiger partial charge in [-0.1, -0.05) is 11.3 Å². The van der Waals surface area contributed by atoms with Crippen molar-refractivity contribution < 1.29 is 13.9 Å². The number of anilines is 1. The average Bonchev–Trinajstić information content (AvgIpc) is 3.17. The summed E-state index contributed by atoms with van der Waals surface area (Å²) in [6.45, 7) is 2.56. The molecule has 7 nitrogen and oxygen atoms in total. The largest absolute Gasteiger partial charge is 0.472 e. The maximum atomic E-state index is 11.8. The van der Waals surface area contributed by atoms with E-state index in [0.29, 0.717) is 25.3 Å². The molecule has 8 heteroatoms. The first kappa shape index (κ1) is 13.1. The molecular weight excluding hydrogens is 280 g/mol. The van der Waals surface area contributed by atoms with Gasteiger partial charge in [-0.3, -0.25) is 4.79 Å². The van der Waals surface area contributed by atoms with E-state index in [-0.39, 0.29) is 12.0 Å². The number of rotatable bonds is 4. The Kier molecular flexibility index (Phi) is 3.93. The molecule has 0 spiro atoms. The van der Waals surface area contributed by atoms with E-state index in [9.17, 15) is 4.79 Å². The number of morpholine rings is 1. The van der Waals surface area contributed by atoms with Crippen LogP contribution in [-0.4, -0.2) is 48.4 Å². The van der Waals surface area contributed by atoms with Crippen LogP contribution in [0.2, 0.25) is 0 Å². The van der Waals surface area contributed by atoms with Gasteiger partial charge in [-0.15, -0.1) is 10.2 Å². The Bertz CT molecular complexity index is 543. The standard InChI is InChI=1S/C12H14N4O3S/c17-11(9-1-3-18-7-9)13-5-10-6-16(2-4-19-10)12-15-14-8-20-12/h1,3,7-8,10H,2,4-6H2,(H,13,17)/t10-/m1/s1. The van der Waals surface area contributed by atoms with Crippen LogP contribution in [0.5, 0.6) is 0 Å². The Morgan fingerprint density at radius 2 is 2.55 bits per heavy atom. The Morgan fingerprint density at radius 1 is 1.60 bits per heavy atom. The fourth-order valence-electron chi connectivity index (χ4n) is 2.02. The summed E-state index contributed by atoms with van der Waals surface area (Å²) < 4.78 is 10.5. The molecule has 0 saturated carbocycles. The third-order valence-corrected chi connectivity index (χ3v) is 3.78. The second kappa shape index (κ2) is 6.02. The summed E-state index contributed by atoms with van der Waals surface area (Å²) in [7, 11) is 0. The minimum absolute atomic E-state index is 0.0523. The van der Waals surface area contributed by atoms with Crippen molar-refractivity contribution in [1.82, 2.24) is 15.5 Å². The van der Waals surface area contributed by atoms with Crippen molar-refractivity contribution >= 4 is 22.4 Å². The second-order valence-electron chi connectivity index (χ2n) is 4.38. The normalized spacial score (nSPS) is 19.0. The van der Waals surface area contributed by atoms with Gasteiger partial charge < -0.3 is 19.4 Å². The lowest BCUT2D eigenvalue weighted by molar-refractivity contribution is 0.0396. The molecule has 2 aromatic rings. The molecule has 20 heavy (non-hydrogen) atoms. The number of carbonyl (C=O) groups is 1. The van der Waals surface area contributed by atoms with Crippen LogP contribution >= 0.6 is 11.3 Å². The Morgan fingerprint density at radius 3 is 3.30 bits per heavy atom. The molecule has 1 aliphatic heterocycles. The predicted octanol–water partition coefficient (Wildman–Crippen LogP) is 0.766. The lowest BCUT2D eigenvalue weighted by atomic mass is 10.2. The SMILES string of the molecule is O=C(NC[C@@H]1CN(c2nncs2)CCO1)c1ccoc1. The first-order valence-electron chi connectivity index (χ1n) is 6.26. The molecule has 0 bridgehead atoms. The van der Waals surface area contributed by atoms with E-state index in [1.165, 1.54) is 23.9 Å². The van der Waals surface area contributed by atoms with E-state index >= 15 is 0 Å². The molecule has 1 fully saturated rings. The third-order valence-electron chi connectivity index (χ3n) is 3.03. The van der Waals surface area contributed by atoms with Crippen LogP contribution in [0.15, 0.2) is 28.5 Å². The number of carbonyl (C=O) groups excluding carboxylic acids is 1. The van der Waals surface area contributed by atoms with Crippen molar-refractivity contribution in [2.75, 3.05) is 31.1 Å². The maximum Gasteiger partial charge on any atom is 0.254 e. The molecule has 0 aliphatic carbocycles. The summed E-state index contributed by atoms with van der Waals surface area (Å²) in [5.41, 5.74) is 2.22. The van der Waals surface area contributed by atoms with Crippen LogP contribution in [0.4, 0.5) is 5.13 Å². The summed E-state index contributed by atoms with van der Waals surface area (Å²) in [4.78, 5) is 13.9. The highest BCUT2D eigenvalue weighted by Crippen LogP contribution is 2.18. The summed E-state index contributed by atoms with van der Waals surface area (Å²) in [6, 6.07) is 1.63. The lowest BCUT2D eigenvalue weighted by Crippen LogP contribution is -2.47. The van der Waals surface area contributed by atoms with Crippen LogP contribution < -0.4 is 10.2 Å². The minimum atomic E-state index is -0.157. The van der Waals surface area contributed by atoms with Gasteiger partial charge in [0.15, 0.2) is 0 Å². The molecule has 1 aliphatic rings. The van der Waals surface area contributed by atoms with Crippen molar-refractivity contribution in [2.45, 2.75) is 6.10 Å². The van der Waals surface area contributed by atoms with E-state index in [4.69, 9.17) is 9.15 Å². The summed E-state index contributed by atoms with van der Waals surface area (Å²) in [5.74, 6) is -0.157. The van der Waals surface area contributed by atoms with Gasteiger partial charge in [0.1, 0.15) is 11.8 Å². The van der Waals surface area contributed by atoms with Crippen molar-refractivity contribution in [3.05, 3.63) is 29.7 Å². The van der Waals surface area contributed by atoms with Crippen LogP contribution in [0.3, 0.4) is 0 Å². The molecule has 3 rings (SSSR count). The number of ether oxygens (including phenoxy) is 1. The maximum absolute atomic E-state index is 11.8. The molecule has 2 aromatic heterocycles. The molecule has 1 saturated heterocycles. The number of furan rings is 1. The molecular formula is C12H14N4O3S. The molecule has 0 aromatic carbocycles. The van der Waals surface area contributed by atoms with Gasteiger partial charge in [-0.25, -0.2) is 0 Å². The number of hydrogen-bond acceptors (Lipinski definition) is 7. The van der Waals surface area contributed by atoms with Crippen LogP contribution in [0.1, 0.15) is 10.4 Å². The van der Waals surface area contributed by atoms with Crippen LogP contribution in [0, 0.1) is 0 Å². The number of hydrogen-bond donors (Lipinski definition) is 1. The second-order valence-corrected chi connectivity index (χ2v) is 5.19. The highest BCUT2D eigenvalue weighted by atomic mass is 32.1. The Hall–Kier alpha value is -1.93. The molecule has 0 radical (unpaired) electrons. The molecule has 1 atom stereocenters. The quantitative estimate of drug-likeness (QED) is 0.897. The van der Waals surface area contributed by atoms with E-state index < -0.39 is 0 Å². The fourth-order valence-corrected chi connectivity index (χ4v) is 2.62. The van der Waals surface area contributed by atoms with E-state index in [2.05, 4.69) is 20.4 Å². The molecule has 106 valence electrons. The number of nitrogens with one attached hydrogen (secondary N) is 1. The van der Waals surface area contributed by atoms with E-state index in [1.54, 1.807) is 11.6 Å². The van der Waals surface area contributed by atoms with Crippen LogP contribution in [-0.2, 0) is 4.74 Å². The van der Waals surface area contributed by atoms with Crippen molar-refractivity contribution in [2.24, 2.45) is 0 Å². The van der Waals surface area contributed by atoms with Crippen molar-refractivity contribution in [3.8, 4) is 0 Å². The van der Waals surface area contributed by atoms with Gasteiger partial charge >= 0.3 is 0 Å². The topological polar surface area (TPSA) is 80.5 Å². The first-order chi connectivity index (χ1) is 9.83. The van der Waals surface area contributed by atoms with Gasteiger partial charge in [0, 0.05) is 19.6 Å². The number of amides is 1. The van der Waals surface area contributed by atoms with E-state index in [1.807, 2.05) is 0 Å². The Labute approximate surface area is 119 Å². The van der Waals surface area contributed by atoms with Gasteiger partial charge in [-0.05, 0) is 6.07 Å². The van der Waals surface area contributed by atoms with Crippen molar-refractivity contribution in [1.29, 1.82) is 0 Å². The van der Waals surface area contributed by atoms with Gasteiger partial charge in [0.2, 0.25) is 5.13 Å². The monoisotopic (exact) mass is 294 g/mol. The molecule has 1 N–H and O–H groups in total. The number of nitrogens with zero attached hydrogens (tertiary/aromatic N) is 3. The first-order valence-corrected chi connectivity index (χ1v) is 7.14. The van der Waals surface area contributed by atoms with Gasteiger partial charge in [0.25, 0.3) is 5.91 Å². The van der Waals surface area contributed by atoms with E-state index in [0.717, 1.165) is 11.7 Å². The average molecular weight is 294 g/mol. The highest BCUT2D eigenvalue weighted by Gasteiger charge is 2.23. The summed E-state index contributed by atoms with van der Waals surface area (Å²) in [6.07, 6.45) is 2.84. The zero-order valence-electron chi connectivity index (χ0n) is 10.7. The molecule has 1 amide bonds. The van der Waals surface area contributed by atoms with Gasteiger partial charge in [-0.2, -0.15) is 0 Å². The highest BCUT2D eigenvalue weighted by molar-refractivity contribution is 7.13. The smallest absolute Gasteiger partial charge is 0.254 e. The molecule has 3 heterocycles. The zero-order chi connectivity index (χ0) is 13.8. The minimum Gasteiger partial charge on any atom is -0.472 e. The summed E-state index contributed by atoms with van der Waals surface area (Å²) >= 11 is 1.50. The van der Waals surface area contributed by atoms with Gasteiger partial charge in [0.05, 0.1) is 24.5 Å². The number of aromatic nitrogens is 2. The van der Waals surface area contributed by atoms with Crippen LogP contribution in [0.25, 0.3) is 0 Å². The fraction of sp³-hybridized carbons (Fsp3) is 0.417. The Balaban J connectivity index is 1.52. The predicted molar refractivity (Wildman–Crippen MR) is 72.9 cm³/mol. The zero-order valence-corrected chi connectivity index (χ0v) is 11.5. The summed E-state index contributed by atoms with van der Waals surface area (Å²) in [5, 5.41) is 11.6.